The Morgan fingerprint density at radius 2 is 2.29 bits per heavy atom. The number of thiazole rings is 1. The number of nitrogen functional groups attached to an aromatic ring is 1. The summed E-state index contributed by atoms with van der Waals surface area (Å²) in [5.41, 5.74) is 10.9. The molecule has 0 saturated carbocycles. The van der Waals surface area contributed by atoms with Crippen molar-refractivity contribution in [3.8, 4) is 0 Å². The Bertz CT molecular complexity index is 612. The maximum atomic E-state index is 12.3. The summed E-state index contributed by atoms with van der Waals surface area (Å²) in [6.07, 6.45) is 0. The lowest BCUT2D eigenvalue weighted by molar-refractivity contribution is -0.120. The fourth-order valence-corrected chi connectivity index (χ4v) is 2.48. The van der Waals surface area contributed by atoms with Gasteiger partial charge in [0.15, 0.2) is 0 Å². The predicted molar refractivity (Wildman–Crippen MR) is 87.3 cm³/mol. The molecule has 5 nitrogen and oxygen atoms in total. The Kier molecular flexibility index (Phi) is 4.93. The van der Waals surface area contributed by atoms with Gasteiger partial charge in [-0.3, -0.25) is 9.69 Å². The number of aromatic nitrogens is 1. The molecular formula is C15H20N4OS. The van der Waals surface area contributed by atoms with Crippen molar-refractivity contribution in [2.24, 2.45) is 0 Å². The molecule has 0 saturated heterocycles. The third-order valence-electron chi connectivity index (χ3n) is 3.57. The van der Waals surface area contributed by atoms with E-state index >= 15 is 0 Å². The second-order valence-corrected chi connectivity index (χ2v) is 5.80. The molecule has 1 aromatic carbocycles. The van der Waals surface area contributed by atoms with Crippen molar-refractivity contribution in [1.82, 2.24) is 9.88 Å². The summed E-state index contributed by atoms with van der Waals surface area (Å²) in [6.45, 7) is 4.42. The van der Waals surface area contributed by atoms with Gasteiger partial charge in [0.2, 0.25) is 5.91 Å². The molecule has 0 radical (unpaired) electrons. The number of nitrogens with one attached hydrogen (secondary N) is 1. The highest BCUT2D eigenvalue weighted by Crippen LogP contribution is 2.21. The number of nitrogens with two attached hydrogens (primary N) is 1. The van der Waals surface area contributed by atoms with Crippen LogP contribution in [-0.4, -0.2) is 28.9 Å². The molecule has 1 atom stereocenters. The summed E-state index contributed by atoms with van der Waals surface area (Å²) in [6, 6.07) is 5.26. The van der Waals surface area contributed by atoms with Gasteiger partial charge in [0, 0.05) is 23.3 Å². The molecule has 0 fully saturated rings. The molecule has 0 spiro atoms. The zero-order valence-corrected chi connectivity index (χ0v) is 13.3. The fourth-order valence-electron chi connectivity index (χ4n) is 1.93. The number of carbonyl (C=O) groups is 1. The third kappa shape index (κ3) is 3.80. The molecule has 1 aromatic heterocycles. The van der Waals surface area contributed by atoms with E-state index in [2.05, 4.69) is 10.3 Å². The third-order valence-corrected chi connectivity index (χ3v) is 4.20. The summed E-state index contributed by atoms with van der Waals surface area (Å²) >= 11 is 1.56. The highest BCUT2D eigenvalue weighted by molar-refractivity contribution is 7.07. The van der Waals surface area contributed by atoms with E-state index in [1.807, 2.05) is 49.4 Å². The fraction of sp³-hybridized carbons (Fsp3) is 0.333. The van der Waals surface area contributed by atoms with Crippen LogP contribution in [0.4, 0.5) is 11.4 Å². The summed E-state index contributed by atoms with van der Waals surface area (Å²) < 4.78 is 0. The van der Waals surface area contributed by atoms with Crippen LogP contribution in [0.25, 0.3) is 0 Å². The van der Waals surface area contributed by atoms with Crippen molar-refractivity contribution in [3.05, 3.63) is 40.3 Å². The minimum atomic E-state index is -0.257. The zero-order valence-electron chi connectivity index (χ0n) is 12.5. The van der Waals surface area contributed by atoms with Gasteiger partial charge < -0.3 is 11.1 Å². The van der Waals surface area contributed by atoms with E-state index in [0.29, 0.717) is 12.2 Å². The number of benzene rings is 1. The highest BCUT2D eigenvalue weighted by Gasteiger charge is 2.19. The number of amides is 1. The molecule has 0 aliphatic rings. The topological polar surface area (TPSA) is 71.2 Å². The van der Waals surface area contributed by atoms with Crippen LogP contribution in [0.5, 0.6) is 0 Å². The normalized spacial score (nSPS) is 12.4. The zero-order chi connectivity index (χ0) is 15.4. The molecule has 6 heteroatoms. The van der Waals surface area contributed by atoms with E-state index in [1.54, 1.807) is 16.8 Å². The first-order valence-electron chi connectivity index (χ1n) is 6.72. The van der Waals surface area contributed by atoms with Crippen LogP contribution in [0.2, 0.25) is 0 Å². The molecule has 21 heavy (non-hydrogen) atoms. The van der Waals surface area contributed by atoms with Crippen LogP contribution in [0.15, 0.2) is 29.1 Å². The van der Waals surface area contributed by atoms with Gasteiger partial charge in [-0.1, -0.05) is 6.07 Å². The van der Waals surface area contributed by atoms with Gasteiger partial charge in [0.25, 0.3) is 0 Å². The van der Waals surface area contributed by atoms with Gasteiger partial charge in [-0.05, 0) is 38.6 Å². The van der Waals surface area contributed by atoms with E-state index in [4.69, 9.17) is 5.73 Å². The van der Waals surface area contributed by atoms with Gasteiger partial charge in [-0.2, -0.15) is 0 Å². The molecule has 1 heterocycles. The van der Waals surface area contributed by atoms with Crippen molar-refractivity contribution >= 4 is 28.6 Å². The van der Waals surface area contributed by atoms with E-state index in [0.717, 1.165) is 16.9 Å². The molecule has 112 valence electrons. The molecule has 0 aliphatic heterocycles. The summed E-state index contributed by atoms with van der Waals surface area (Å²) in [5.74, 6) is -0.0542. The Morgan fingerprint density at radius 1 is 1.52 bits per heavy atom. The predicted octanol–water partition coefficient (Wildman–Crippen LogP) is 2.49. The lowest BCUT2D eigenvalue weighted by atomic mass is 10.1. The quantitative estimate of drug-likeness (QED) is 0.833. The first-order chi connectivity index (χ1) is 9.99. The molecule has 1 amide bonds. The average molecular weight is 304 g/mol. The van der Waals surface area contributed by atoms with Crippen molar-refractivity contribution in [1.29, 1.82) is 0 Å². The van der Waals surface area contributed by atoms with E-state index in [1.165, 1.54) is 0 Å². The largest absolute Gasteiger partial charge is 0.398 e. The Labute approximate surface area is 128 Å². The molecule has 2 aromatic rings. The first-order valence-corrected chi connectivity index (χ1v) is 7.66. The van der Waals surface area contributed by atoms with Crippen molar-refractivity contribution < 1.29 is 4.79 Å². The van der Waals surface area contributed by atoms with Gasteiger partial charge in [-0.25, -0.2) is 4.98 Å². The Morgan fingerprint density at radius 3 is 2.95 bits per heavy atom. The van der Waals surface area contributed by atoms with E-state index in [9.17, 15) is 4.79 Å². The lowest BCUT2D eigenvalue weighted by Gasteiger charge is -2.23. The first kappa shape index (κ1) is 15.5. The van der Waals surface area contributed by atoms with E-state index in [-0.39, 0.29) is 11.9 Å². The molecule has 3 N–H and O–H groups in total. The second-order valence-electron chi connectivity index (χ2n) is 5.08. The van der Waals surface area contributed by atoms with Crippen LogP contribution < -0.4 is 11.1 Å². The number of hydrogen-bond acceptors (Lipinski definition) is 5. The van der Waals surface area contributed by atoms with Crippen LogP contribution >= 0.6 is 11.3 Å². The molecule has 0 aliphatic carbocycles. The monoisotopic (exact) mass is 304 g/mol. The van der Waals surface area contributed by atoms with Crippen LogP contribution in [0.1, 0.15) is 18.2 Å². The van der Waals surface area contributed by atoms with Crippen LogP contribution in [0.3, 0.4) is 0 Å². The highest BCUT2D eigenvalue weighted by atomic mass is 32.1. The minimum absolute atomic E-state index is 0.0542. The van der Waals surface area contributed by atoms with Crippen molar-refractivity contribution in [3.63, 3.8) is 0 Å². The lowest BCUT2D eigenvalue weighted by Crippen LogP contribution is -2.39. The summed E-state index contributed by atoms with van der Waals surface area (Å²) in [5, 5.41) is 4.92. The number of anilines is 2. The van der Waals surface area contributed by atoms with Gasteiger partial charge in [0.05, 0.1) is 17.2 Å². The smallest absolute Gasteiger partial charge is 0.241 e. The summed E-state index contributed by atoms with van der Waals surface area (Å²) in [4.78, 5) is 18.5. The van der Waals surface area contributed by atoms with Crippen molar-refractivity contribution in [2.75, 3.05) is 18.1 Å². The van der Waals surface area contributed by atoms with Gasteiger partial charge >= 0.3 is 0 Å². The number of hydrogen-bond donors (Lipinski definition) is 2. The SMILES string of the molecule is Cc1c(N)cccc1NC(=O)C(C)N(C)Cc1cscn1. The Hall–Kier alpha value is -1.92. The maximum absolute atomic E-state index is 12.3. The van der Waals surface area contributed by atoms with Gasteiger partial charge in [0.1, 0.15) is 0 Å². The van der Waals surface area contributed by atoms with E-state index < -0.39 is 0 Å². The number of rotatable bonds is 5. The average Bonchev–Trinajstić information content (AvgIpc) is 2.95. The number of carbonyl (C=O) groups excluding carboxylic acids is 1. The van der Waals surface area contributed by atoms with Crippen molar-refractivity contribution in [2.45, 2.75) is 26.4 Å². The minimum Gasteiger partial charge on any atom is -0.398 e. The second kappa shape index (κ2) is 6.69. The number of nitrogens with zero attached hydrogens (tertiary/aromatic N) is 2. The molecular weight excluding hydrogens is 284 g/mol. The molecule has 1 unspecified atom stereocenters. The van der Waals surface area contributed by atoms with Gasteiger partial charge in [-0.15, -0.1) is 11.3 Å². The molecule has 0 bridgehead atoms. The molecule has 2 rings (SSSR count). The Balaban J connectivity index is 2.00. The number of likely N-dealkylation sites (N-methyl/N-ethyl adjacent to an activating group) is 1. The maximum Gasteiger partial charge on any atom is 0.241 e. The van der Waals surface area contributed by atoms with Crippen LogP contribution in [-0.2, 0) is 11.3 Å². The van der Waals surface area contributed by atoms with Crippen LogP contribution in [0, 0.1) is 6.92 Å². The standard InChI is InChI=1S/C15H20N4OS/c1-10-13(16)5-4-6-14(10)18-15(20)11(2)19(3)7-12-8-21-9-17-12/h4-6,8-9,11H,7,16H2,1-3H3,(H,18,20). The summed E-state index contributed by atoms with van der Waals surface area (Å²) in [7, 11) is 1.91.